The number of carbonyl (C=O) groups is 1. The molecule has 0 atom stereocenters. The Labute approximate surface area is 117 Å². The molecule has 0 unspecified atom stereocenters. The quantitative estimate of drug-likeness (QED) is 0.724. The van der Waals surface area contributed by atoms with E-state index in [1.807, 2.05) is 38.1 Å². The van der Waals surface area contributed by atoms with Crippen LogP contribution in [0.5, 0.6) is 0 Å². The van der Waals surface area contributed by atoms with Gasteiger partial charge in [0.05, 0.1) is 11.7 Å². The van der Waals surface area contributed by atoms with Gasteiger partial charge in [-0.05, 0) is 56.2 Å². The summed E-state index contributed by atoms with van der Waals surface area (Å²) in [6, 6.07) is 7.77. The Balaban J connectivity index is 2.50. The minimum atomic E-state index is -0.240. The predicted octanol–water partition coefficient (Wildman–Crippen LogP) is 4.62. The van der Waals surface area contributed by atoms with Crippen molar-refractivity contribution in [3.63, 3.8) is 0 Å². The number of carbonyl (C=O) groups excluding carboxylic acids is 1. The lowest BCUT2D eigenvalue weighted by Gasteiger charge is -2.17. The number of esters is 1. The Morgan fingerprint density at radius 2 is 1.74 bits per heavy atom. The number of ether oxygens (including phenoxy) is 1. The number of benzene rings is 1. The van der Waals surface area contributed by atoms with Crippen molar-refractivity contribution in [2.75, 3.05) is 0 Å². The maximum atomic E-state index is 11.7. The van der Waals surface area contributed by atoms with E-state index in [-0.39, 0.29) is 12.1 Å². The van der Waals surface area contributed by atoms with Gasteiger partial charge < -0.3 is 4.74 Å². The topological polar surface area (TPSA) is 26.3 Å². The summed E-state index contributed by atoms with van der Waals surface area (Å²) >= 11 is 0. The summed E-state index contributed by atoms with van der Waals surface area (Å²) in [5.74, 6) is -0.240. The van der Waals surface area contributed by atoms with E-state index in [1.165, 1.54) is 18.4 Å². The Morgan fingerprint density at radius 3 is 2.21 bits per heavy atom. The first kappa shape index (κ1) is 15.7. The molecular formula is C17H26O2. The zero-order valence-electron chi connectivity index (χ0n) is 12.8. The summed E-state index contributed by atoms with van der Waals surface area (Å²) in [5, 5.41) is 0. The average molecular weight is 262 g/mol. The number of hydrogen-bond acceptors (Lipinski definition) is 2. The highest BCUT2D eigenvalue weighted by Gasteiger charge is 2.10. The SMILES string of the molecule is CC(C)OC(=O)c1ccc(CCCC(C)(C)C)cc1. The van der Waals surface area contributed by atoms with Gasteiger partial charge in [-0.25, -0.2) is 4.79 Å². The fourth-order valence-electron chi connectivity index (χ4n) is 1.91. The van der Waals surface area contributed by atoms with Crippen LogP contribution in [0.4, 0.5) is 0 Å². The highest BCUT2D eigenvalue weighted by molar-refractivity contribution is 5.89. The number of rotatable bonds is 5. The second-order valence-corrected chi connectivity index (χ2v) is 6.57. The van der Waals surface area contributed by atoms with Gasteiger partial charge in [0.1, 0.15) is 0 Å². The van der Waals surface area contributed by atoms with Gasteiger partial charge >= 0.3 is 5.97 Å². The third kappa shape index (κ3) is 6.42. The van der Waals surface area contributed by atoms with Crippen molar-refractivity contribution < 1.29 is 9.53 Å². The van der Waals surface area contributed by atoms with Gasteiger partial charge in [0.2, 0.25) is 0 Å². The summed E-state index contributed by atoms with van der Waals surface area (Å²) < 4.78 is 5.16. The molecule has 0 aliphatic carbocycles. The fourth-order valence-corrected chi connectivity index (χ4v) is 1.91. The lowest BCUT2D eigenvalue weighted by atomic mass is 9.89. The zero-order chi connectivity index (χ0) is 14.5. The van der Waals surface area contributed by atoms with E-state index in [4.69, 9.17) is 4.74 Å². The maximum absolute atomic E-state index is 11.7. The van der Waals surface area contributed by atoms with Gasteiger partial charge in [-0.1, -0.05) is 32.9 Å². The van der Waals surface area contributed by atoms with Crippen molar-refractivity contribution in [2.24, 2.45) is 5.41 Å². The molecule has 0 bridgehead atoms. The highest BCUT2D eigenvalue weighted by atomic mass is 16.5. The van der Waals surface area contributed by atoms with Crippen LogP contribution in [0.25, 0.3) is 0 Å². The molecule has 0 N–H and O–H groups in total. The third-order valence-corrected chi connectivity index (χ3v) is 2.92. The van der Waals surface area contributed by atoms with Gasteiger partial charge in [-0.15, -0.1) is 0 Å². The van der Waals surface area contributed by atoms with Crippen molar-refractivity contribution in [3.8, 4) is 0 Å². The van der Waals surface area contributed by atoms with Gasteiger partial charge in [0, 0.05) is 0 Å². The number of aryl methyl sites for hydroxylation is 1. The molecule has 2 nitrogen and oxygen atoms in total. The molecule has 19 heavy (non-hydrogen) atoms. The van der Waals surface area contributed by atoms with Crippen LogP contribution in [0.3, 0.4) is 0 Å². The van der Waals surface area contributed by atoms with Gasteiger partial charge in [-0.3, -0.25) is 0 Å². The van der Waals surface area contributed by atoms with Gasteiger partial charge in [0.25, 0.3) is 0 Å². The van der Waals surface area contributed by atoms with E-state index in [0.29, 0.717) is 11.0 Å². The molecule has 2 heteroatoms. The first-order valence-electron chi connectivity index (χ1n) is 7.08. The minimum Gasteiger partial charge on any atom is -0.459 e. The van der Waals surface area contributed by atoms with E-state index in [1.54, 1.807) is 0 Å². The molecule has 106 valence electrons. The maximum Gasteiger partial charge on any atom is 0.338 e. The molecule has 0 spiro atoms. The fraction of sp³-hybridized carbons (Fsp3) is 0.588. The molecule has 0 saturated heterocycles. The first-order valence-corrected chi connectivity index (χ1v) is 7.08. The number of hydrogen-bond donors (Lipinski definition) is 0. The monoisotopic (exact) mass is 262 g/mol. The van der Waals surface area contributed by atoms with Crippen molar-refractivity contribution in [1.29, 1.82) is 0 Å². The van der Waals surface area contributed by atoms with Crippen LogP contribution in [0.2, 0.25) is 0 Å². The molecule has 0 aromatic heterocycles. The van der Waals surface area contributed by atoms with Gasteiger partial charge in [0.15, 0.2) is 0 Å². The van der Waals surface area contributed by atoms with E-state index < -0.39 is 0 Å². The van der Waals surface area contributed by atoms with Crippen molar-refractivity contribution in [1.82, 2.24) is 0 Å². The van der Waals surface area contributed by atoms with Crippen LogP contribution in [0.15, 0.2) is 24.3 Å². The highest BCUT2D eigenvalue weighted by Crippen LogP contribution is 2.22. The standard InChI is InChI=1S/C17H26O2/c1-13(2)19-16(18)15-10-8-14(9-11-15)7-6-12-17(3,4)5/h8-11,13H,6-7,12H2,1-5H3. The Bertz CT molecular complexity index is 396. The van der Waals surface area contributed by atoms with E-state index in [2.05, 4.69) is 20.8 Å². The Kier molecular flexibility index (Phi) is 5.59. The van der Waals surface area contributed by atoms with E-state index in [0.717, 1.165) is 6.42 Å². The first-order chi connectivity index (χ1) is 8.78. The average Bonchev–Trinajstić information content (AvgIpc) is 2.27. The molecule has 1 aromatic rings. The van der Waals surface area contributed by atoms with Crippen molar-refractivity contribution in [3.05, 3.63) is 35.4 Å². The molecule has 0 saturated carbocycles. The Hall–Kier alpha value is -1.31. The molecule has 1 aromatic carbocycles. The molecular weight excluding hydrogens is 236 g/mol. The largest absolute Gasteiger partial charge is 0.459 e. The van der Waals surface area contributed by atoms with Crippen molar-refractivity contribution >= 4 is 5.97 Å². The smallest absolute Gasteiger partial charge is 0.338 e. The minimum absolute atomic E-state index is 0.0704. The lowest BCUT2D eigenvalue weighted by Crippen LogP contribution is -2.11. The van der Waals surface area contributed by atoms with Crippen LogP contribution in [-0.2, 0) is 11.2 Å². The Morgan fingerprint density at radius 1 is 1.16 bits per heavy atom. The molecule has 0 fully saturated rings. The molecule has 0 amide bonds. The molecule has 0 aliphatic heterocycles. The third-order valence-electron chi connectivity index (χ3n) is 2.92. The van der Waals surface area contributed by atoms with Gasteiger partial charge in [-0.2, -0.15) is 0 Å². The van der Waals surface area contributed by atoms with Crippen LogP contribution in [0, 0.1) is 5.41 Å². The molecule has 0 radical (unpaired) electrons. The molecule has 0 aliphatic rings. The predicted molar refractivity (Wildman–Crippen MR) is 79.4 cm³/mol. The van der Waals surface area contributed by atoms with Crippen LogP contribution < -0.4 is 0 Å². The van der Waals surface area contributed by atoms with Crippen LogP contribution >= 0.6 is 0 Å². The summed E-state index contributed by atoms with van der Waals surface area (Å²) in [6.45, 7) is 10.5. The summed E-state index contributed by atoms with van der Waals surface area (Å²) in [7, 11) is 0. The van der Waals surface area contributed by atoms with Crippen LogP contribution in [-0.4, -0.2) is 12.1 Å². The van der Waals surface area contributed by atoms with Crippen molar-refractivity contribution in [2.45, 2.75) is 60.0 Å². The molecule has 0 heterocycles. The van der Waals surface area contributed by atoms with E-state index in [9.17, 15) is 4.79 Å². The summed E-state index contributed by atoms with van der Waals surface area (Å²) in [6.07, 6.45) is 3.39. The van der Waals surface area contributed by atoms with E-state index >= 15 is 0 Å². The molecule has 1 rings (SSSR count). The second-order valence-electron chi connectivity index (χ2n) is 6.57. The normalized spacial score (nSPS) is 11.7. The summed E-state index contributed by atoms with van der Waals surface area (Å²) in [4.78, 5) is 11.7. The second kappa shape index (κ2) is 6.74. The summed E-state index contributed by atoms with van der Waals surface area (Å²) in [5.41, 5.74) is 2.31. The van der Waals surface area contributed by atoms with Crippen LogP contribution in [0.1, 0.15) is 63.4 Å². The lowest BCUT2D eigenvalue weighted by molar-refractivity contribution is 0.0378. The zero-order valence-corrected chi connectivity index (χ0v) is 12.8.